The highest BCUT2D eigenvalue weighted by Gasteiger charge is 2.37. The number of nitrogens with one attached hydrogen (secondary N) is 1. The van der Waals surface area contributed by atoms with E-state index in [0.29, 0.717) is 6.04 Å². The van der Waals surface area contributed by atoms with Gasteiger partial charge in [-0.25, -0.2) is 4.79 Å². The molecule has 1 aliphatic carbocycles. The third kappa shape index (κ3) is 2.72. The van der Waals surface area contributed by atoms with Crippen molar-refractivity contribution in [2.45, 2.75) is 57.2 Å². The molecular formula is C16H24N4O2. The Kier molecular flexibility index (Phi) is 3.78. The quantitative estimate of drug-likeness (QED) is 0.927. The highest BCUT2D eigenvalue weighted by atomic mass is 16.6. The number of hydrogen-bond donors (Lipinski definition) is 1. The van der Waals surface area contributed by atoms with Gasteiger partial charge in [-0.2, -0.15) is 5.10 Å². The Morgan fingerprint density at radius 3 is 3.05 bits per heavy atom. The van der Waals surface area contributed by atoms with Crippen molar-refractivity contribution in [3.63, 3.8) is 0 Å². The fourth-order valence-corrected chi connectivity index (χ4v) is 4.05. The summed E-state index contributed by atoms with van der Waals surface area (Å²) >= 11 is 0. The maximum Gasteiger partial charge on any atom is 0.410 e. The Morgan fingerprint density at radius 1 is 1.32 bits per heavy atom. The van der Waals surface area contributed by atoms with E-state index in [1.165, 1.54) is 30.5 Å². The van der Waals surface area contributed by atoms with E-state index in [1.54, 1.807) is 0 Å². The number of hydrogen-bond acceptors (Lipinski definition) is 4. The van der Waals surface area contributed by atoms with Gasteiger partial charge in [0.2, 0.25) is 0 Å². The fourth-order valence-electron chi connectivity index (χ4n) is 4.05. The number of nitrogens with zero attached hydrogens (tertiary/aromatic N) is 3. The van der Waals surface area contributed by atoms with Crippen LogP contribution in [0.4, 0.5) is 4.79 Å². The number of ether oxygens (including phenoxy) is 1. The van der Waals surface area contributed by atoms with Gasteiger partial charge < -0.3 is 9.64 Å². The van der Waals surface area contributed by atoms with Gasteiger partial charge in [-0.05, 0) is 12.8 Å². The van der Waals surface area contributed by atoms with E-state index in [9.17, 15) is 4.79 Å². The molecule has 22 heavy (non-hydrogen) atoms. The van der Waals surface area contributed by atoms with E-state index in [1.807, 2.05) is 11.1 Å². The van der Waals surface area contributed by atoms with Crippen LogP contribution in [0.2, 0.25) is 0 Å². The molecule has 1 saturated carbocycles. The molecule has 1 aromatic rings. The molecule has 4 rings (SSSR count). The molecule has 2 fully saturated rings. The summed E-state index contributed by atoms with van der Waals surface area (Å²) in [5.74, 6) is 0. The summed E-state index contributed by atoms with van der Waals surface area (Å²) in [4.78, 5) is 16.5. The standard InChI is InChI=1S/C16H24N4O2/c21-16-20(13-4-2-1-3-5-13)11-14(22-16)10-19-7-6-15-12(9-19)8-17-18-15/h8,13-14H,1-7,9-11H2,(H,17,18). The zero-order valence-corrected chi connectivity index (χ0v) is 13.0. The van der Waals surface area contributed by atoms with Crippen LogP contribution in [0.1, 0.15) is 43.4 Å². The van der Waals surface area contributed by atoms with Crippen LogP contribution in [0.25, 0.3) is 0 Å². The number of fused-ring (bicyclic) bond motifs is 1. The van der Waals surface area contributed by atoms with E-state index in [2.05, 4.69) is 15.1 Å². The van der Waals surface area contributed by atoms with Crippen molar-refractivity contribution in [1.29, 1.82) is 0 Å². The topological polar surface area (TPSA) is 61.5 Å². The largest absolute Gasteiger partial charge is 0.443 e. The molecule has 0 aromatic carbocycles. The lowest BCUT2D eigenvalue weighted by Crippen LogP contribution is -2.40. The molecule has 0 bridgehead atoms. The highest BCUT2D eigenvalue weighted by Crippen LogP contribution is 2.27. The molecule has 1 unspecified atom stereocenters. The minimum atomic E-state index is -0.0992. The maximum atomic E-state index is 12.2. The second-order valence-electron chi connectivity index (χ2n) is 6.81. The monoisotopic (exact) mass is 304 g/mol. The summed E-state index contributed by atoms with van der Waals surface area (Å²) in [6, 6.07) is 0.410. The third-order valence-electron chi connectivity index (χ3n) is 5.26. The van der Waals surface area contributed by atoms with Crippen LogP contribution >= 0.6 is 0 Å². The Bertz CT molecular complexity index is 538. The van der Waals surface area contributed by atoms with Gasteiger partial charge in [-0.15, -0.1) is 0 Å². The predicted octanol–water partition coefficient (Wildman–Crippen LogP) is 1.92. The molecule has 1 atom stereocenters. The summed E-state index contributed by atoms with van der Waals surface area (Å²) in [5, 5.41) is 7.17. The number of rotatable bonds is 3. The number of aromatic nitrogens is 2. The van der Waals surface area contributed by atoms with Crippen molar-refractivity contribution < 1.29 is 9.53 Å². The van der Waals surface area contributed by atoms with Gasteiger partial charge in [0.1, 0.15) is 6.10 Å². The molecule has 1 aromatic heterocycles. The first-order valence-electron chi connectivity index (χ1n) is 8.50. The Hall–Kier alpha value is -1.56. The molecule has 6 heteroatoms. The summed E-state index contributed by atoms with van der Waals surface area (Å²) in [6.07, 6.45) is 8.92. The van der Waals surface area contributed by atoms with Gasteiger partial charge in [0.05, 0.1) is 12.7 Å². The lowest BCUT2D eigenvalue weighted by molar-refractivity contribution is 0.0997. The van der Waals surface area contributed by atoms with E-state index in [4.69, 9.17) is 4.74 Å². The smallest absolute Gasteiger partial charge is 0.410 e. The molecule has 1 amide bonds. The van der Waals surface area contributed by atoms with Crippen LogP contribution in [0.3, 0.4) is 0 Å². The third-order valence-corrected chi connectivity index (χ3v) is 5.26. The van der Waals surface area contributed by atoms with Gasteiger partial charge in [0.25, 0.3) is 0 Å². The summed E-state index contributed by atoms with van der Waals surface area (Å²) in [6.45, 7) is 3.51. The summed E-state index contributed by atoms with van der Waals surface area (Å²) in [5.41, 5.74) is 2.53. The number of amides is 1. The molecule has 120 valence electrons. The lowest BCUT2D eigenvalue weighted by atomic mass is 9.94. The molecule has 3 heterocycles. The molecule has 2 aliphatic heterocycles. The minimum Gasteiger partial charge on any atom is -0.443 e. The van der Waals surface area contributed by atoms with E-state index in [-0.39, 0.29) is 12.2 Å². The molecule has 0 radical (unpaired) electrons. The number of carbonyl (C=O) groups excluding carboxylic acids is 1. The molecule has 1 N–H and O–H groups in total. The molecule has 3 aliphatic rings. The van der Waals surface area contributed by atoms with Crippen LogP contribution in [0.5, 0.6) is 0 Å². The average Bonchev–Trinajstić information content (AvgIpc) is 3.14. The Morgan fingerprint density at radius 2 is 2.18 bits per heavy atom. The van der Waals surface area contributed by atoms with Gasteiger partial charge in [0, 0.05) is 43.4 Å². The first kappa shape index (κ1) is 14.1. The van der Waals surface area contributed by atoms with Gasteiger partial charge in [0.15, 0.2) is 0 Å². The van der Waals surface area contributed by atoms with Crippen molar-refractivity contribution in [3.05, 3.63) is 17.5 Å². The van der Waals surface area contributed by atoms with Gasteiger partial charge >= 0.3 is 6.09 Å². The number of carbonyl (C=O) groups is 1. The average molecular weight is 304 g/mol. The van der Waals surface area contributed by atoms with Gasteiger partial charge in [-0.3, -0.25) is 10.00 Å². The van der Waals surface area contributed by atoms with Crippen molar-refractivity contribution in [2.75, 3.05) is 19.6 Å². The maximum absolute atomic E-state index is 12.2. The lowest BCUT2D eigenvalue weighted by Gasteiger charge is -2.30. The van der Waals surface area contributed by atoms with Gasteiger partial charge in [-0.1, -0.05) is 19.3 Å². The van der Waals surface area contributed by atoms with Crippen LogP contribution in [-0.2, 0) is 17.7 Å². The van der Waals surface area contributed by atoms with Crippen molar-refractivity contribution in [2.24, 2.45) is 0 Å². The Balaban J connectivity index is 1.34. The van der Waals surface area contributed by atoms with E-state index in [0.717, 1.165) is 45.4 Å². The van der Waals surface area contributed by atoms with Crippen LogP contribution in [-0.4, -0.2) is 57.9 Å². The van der Waals surface area contributed by atoms with Crippen LogP contribution in [0, 0.1) is 0 Å². The Labute approximate surface area is 130 Å². The fraction of sp³-hybridized carbons (Fsp3) is 0.750. The van der Waals surface area contributed by atoms with E-state index >= 15 is 0 Å². The molecule has 0 spiro atoms. The van der Waals surface area contributed by atoms with Crippen LogP contribution < -0.4 is 0 Å². The normalized spacial score (nSPS) is 27.0. The summed E-state index contributed by atoms with van der Waals surface area (Å²) in [7, 11) is 0. The first-order chi connectivity index (χ1) is 10.8. The van der Waals surface area contributed by atoms with Crippen molar-refractivity contribution in [3.8, 4) is 0 Å². The van der Waals surface area contributed by atoms with Crippen molar-refractivity contribution >= 4 is 6.09 Å². The second-order valence-corrected chi connectivity index (χ2v) is 6.81. The van der Waals surface area contributed by atoms with Crippen molar-refractivity contribution in [1.82, 2.24) is 20.0 Å². The molecule has 6 nitrogen and oxygen atoms in total. The first-order valence-corrected chi connectivity index (χ1v) is 8.50. The SMILES string of the molecule is O=C1OC(CN2CCc3[nH]ncc3C2)CN1C1CCCCC1. The number of H-pyrrole nitrogens is 1. The number of aromatic amines is 1. The minimum absolute atomic E-state index is 0.0166. The zero-order chi connectivity index (χ0) is 14.9. The molecule has 1 saturated heterocycles. The second kappa shape index (κ2) is 5.91. The predicted molar refractivity (Wildman–Crippen MR) is 81.4 cm³/mol. The zero-order valence-electron chi connectivity index (χ0n) is 13.0. The highest BCUT2D eigenvalue weighted by molar-refractivity contribution is 5.70. The number of cyclic esters (lactones) is 1. The molecular weight excluding hydrogens is 280 g/mol. The summed E-state index contributed by atoms with van der Waals surface area (Å²) < 4.78 is 5.62. The van der Waals surface area contributed by atoms with Crippen LogP contribution in [0.15, 0.2) is 6.20 Å². The van der Waals surface area contributed by atoms with E-state index < -0.39 is 0 Å².